The van der Waals surface area contributed by atoms with Gasteiger partial charge in [-0.05, 0) is 35.0 Å². The molecule has 3 aromatic heterocycles. The van der Waals surface area contributed by atoms with E-state index >= 15 is 0 Å². The van der Waals surface area contributed by atoms with E-state index in [9.17, 15) is 9.65 Å². The lowest BCUT2D eigenvalue weighted by Crippen LogP contribution is -2.15. The molecule has 0 aliphatic heterocycles. The van der Waals surface area contributed by atoms with Crippen molar-refractivity contribution in [2.24, 2.45) is 0 Å². The Morgan fingerprint density at radius 1 is 1.31 bits per heavy atom. The maximum absolute atomic E-state index is 13.9. The topological polar surface area (TPSA) is 118 Å². The third kappa shape index (κ3) is 3.36. The van der Waals surface area contributed by atoms with Crippen molar-refractivity contribution in [2.75, 3.05) is 11.1 Å². The fraction of sp³-hybridized carbons (Fsp3) is 0.105. The summed E-state index contributed by atoms with van der Waals surface area (Å²) in [5.74, 6) is 0.504. The van der Waals surface area contributed by atoms with E-state index in [-0.39, 0.29) is 11.4 Å². The average Bonchev–Trinajstić information content (AvgIpc) is 3.09. The third-order valence-corrected chi connectivity index (χ3v) is 4.97. The van der Waals surface area contributed by atoms with Crippen LogP contribution in [-0.4, -0.2) is 24.5 Å². The van der Waals surface area contributed by atoms with E-state index < -0.39 is 11.9 Å². The fourth-order valence-corrected chi connectivity index (χ4v) is 3.60. The smallest absolute Gasteiger partial charge is 0.150 e. The van der Waals surface area contributed by atoms with Crippen LogP contribution in [0.1, 0.15) is 24.4 Å². The van der Waals surface area contributed by atoms with Crippen molar-refractivity contribution in [2.45, 2.75) is 13.0 Å². The van der Waals surface area contributed by atoms with Gasteiger partial charge in [0.15, 0.2) is 0 Å². The summed E-state index contributed by atoms with van der Waals surface area (Å²) >= 11 is 3.55. The molecule has 10 heteroatoms. The summed E-state index contributed by atoms with van der Waals surface area (Å²) in [5, 5.41) is 12.5. The van der Waals surface area contributed by atoms with Gasteiger partial charge in [-0.2, -0.15) is 5.26 Å². The first kappa shape index (κ1) is 18.8. The van der Waals surface area contributed by atoms with Gasteiger partial charge in [-0.15, -0.1) is 0 Å². The van der Waals surface area contributed by atoms with E-state index in [0.717, 1.165) is 21.7 Å². The summed E-state index contributed by atoms with van der Waals surface area (Å²) < 4.78 is 16.5. The maximum Gasteiger partial charge on any atom is 0.150 e. The Morgan fingerprint density at radius 3 is 2.90 bits per heavy atom. The zero-order chi connectivity index (χ0) is 20.5. The van der Waals surface area contributed by atoms with Crippen molar-refractivity contribution in [1.82, 2.24) is 24.5 Å². The standard InChI is InChI=1S/C19H14BrFN8/c1-10(27-18-13(6-22)17(23)25-9-26-18)19-28-15-4-2-3-14(20)16(15)29(19)12-5-11(21)7-24-8-12/h2-5,7-10H,1H3,(H3,23,25,26,27). The van der Waals surface area contributed by atoms with Crippen molar-refractivity contribution in [3.8, 4) is 11.8 Å². The molecule has 8 nitrogen and oxygen atoms in total. The molecule has 0 aliphatic carbocycles. The van der Waals surface area contributed by atoms with Crippen LogP contribution in [-0.2, 0) is 0 Å². The molecule has 3 N–H and O–H groups in total. The number of anilines is 2. The SMILES string of the molecule is CC(Nc1ncnc(N)c1C#N)c1nc2cccc(Br)c2n1-c1cncc(F)c1. The number of nitrogens with zero attached hydrogens (tertiary/aromatic N) is 6. The summed E-state index contributed by atoms with van der Waals surface area (Å²) in [6.45, 7) is 1.86. The number of nitriles is 1. The molecule has 0 spiro atoms. The van der Waals surface area contributed by atoms with Gasteiger partial charge in [-0.3, -0.25) is 9.55 Å². The first-order valence-electron chi connectivity index (χ1n) is 8.54. The maximum atomic E-state index is 13.9. The number of aromatic nitrogens is 5. The van der Waals surface area contributed by atoms with Gasteiger partial charge in [0.2, 0.25) is 0 Å². The molecule has 4 rings (SSSR count). The molecule has 0 bridgehead atoms. The molecule has 3 heterocycles. The first-order chi connectivity index (χ1) is 14.0. The van der Waals surface area contributed by atoms with E-state index in [0.29, 0.717) is 17.3 Å². The first-order valence-corrected chi connectivity index (χ1v) is 9.33. The summed E-state index contributed by atoms with van der Waals surface area (Å²) in [7, 11) is 0. The number of imidazole rings is 1. The molecule has 29 heavy (non-hydrogen) atoms. The van der Waals surface area contributed by atoms with E-state index in [2.05, 4.69) is 36.2 Å². The molecule has 0 fully saturated rings. The summed E-state index contributed by atoms with van der Waals surface area (Å²) in [5.41, 5.74) is 7.93. The Hall–Kier alpha value is -3.58. The molecule has 1 aromatic carbocycles. The van der Waals surface area contributed by atoms with Crippen LogP contribution in [0.5, 0.6) is 0 Å². The van der Waals surface area contributed by atoms with Crippen molar-refractivity contribution in [3.63, 3.8) is 0 Å². The van der Waals surface area contributed by atoms with E-state index in [1.807, 2.05) is 35.8 Å². The largest absolute Gasteiger partial charge is 0.382 e. The van der Waals surface area contributed by atoms with E-state index in [1.165, 1.54) is 12.4 Å². The van der Waals surface area contributed by atoms with Crippen LogP contribution in [0.4, 0.5) is 16.0 Å². The average molecular weight is 453 g/mol. The van der Waals surface area contributed by atoms with Gasteiger partial charge in [0.25, 0.3) is 0 Å². The molecule has 4 aromatic rings. The zero-order valence-corrected chi connectivity index (χ0v) is 16.7. The summed E-state index contributed by atoms with van der Waals surface area (Å²) in [6, 6.07) is 8.60. The van der Waals surface area contributed by atoms with Crippen molar-refractivity contribution < 1.29 is 4.39 Å². The van der Waals surface area contributed by atoms with Gasteiger partial charge in [-0.25, -0.2) is 19.3 Å². The van der Waals surface area contributed by atoms with Crippen LogP contribution >= 0.6 is 15.9 Å². The lowest BCUT2D eigenvalue weighted by Gasteiger charge is -2.17. The van der Waals surface area contributed by atoms with Crippen molar-refractivity contribution >= 4 is 38.6 Å². The second-order valence-corrected chi connectivity index (χ2v) is 7.09. The Bertz CT molecular complexity index is 1260. The second kappa shape index (κ2) is 7.44. The Kier molecular flexibility index (Phi) is 4.82. The molecule has 1 atom stereocenters. The number of rotatable bonds is 4. The number of nitrogens with two attached hydrogens (primary N) is 1. The van der Waals surface area contributed by atoms with E-state index in [4.69, 9.17) is 10.7 Å². The van der Waals surface area contributed by atoms with Crippen LogP contribution in [0, 0.1) is 17.1 Å². The third-order valence-electron chi connectivity index (χ3n) is 4.33. The minimum atomic E-state index is -0.460. The molecule has 0 amide bonds. The molecular weight excluding hydrogens is 439 g/mol. The van der Waals surface area contributed by atoms with Crippen LogP contribution in [0.3, 0.4) is 0 Å². The predicted octanol–water partition coefficient (Wildman–Crippen LogP) is 3.74. The lowest BCUT2D eigenvalue weighted by molar-refractivity contribution is 0.619. The van der Waals surface area contributed by atoms with E-state index in [1.54, 1.807) is 6.20 Å². The highest BCUT2D eigenvalue weighted by atomic mass is 79.9. The number of pyridine rings is 1. The number of hydrogen-bond donors (Lipinski definition) is 2. The number of nitrogens with one attached hydrogen (secondary N) is 1. The predicted molar refractivity (Wildman–Crippen MR) is 110 cm³/mol. The van der Waals surface area contributed by atoms with Crippen molar-refractivity contribution in [1.29, 1.82) is 5.26 Å². The highest BCUT2D eigenvalue weighted by Gasteiger charge is 2.21. The van der Waals surface area contributed by atoms with Gasteiger partial charge in [-0.1, -0.05) is 6.07 Å². The highest BCUT2D eigenvalue weighted by molar-refractivity contribution is 9.10. The van der Waals surface area contributed by atoms with Crippen LogP contribution in [0.25, 0.3) is 16.7 Å². The summed E-state index contributed by atoms with van der Waals surface area (Å²) in [6.07, 6.45) is 3.98. The van der Waals surface area contributed by atoms with Crippen LogP contribution in [0.2, 0.25) is 0 Å². The highest BCUT2D eigenvalue weighted by Crippen LogP contribution is 2.32. The zero-order valence-electron chi connectivity index (χ0n) is 15.1. The Labute approximate surface area is 173 Å². The van der Waals surface area contributed by atoms with Gasteiger partial charge in [0.1, 0.15) is 41.2 Å². The monoisotopic (exact) mass is 452 g/mol. The molecule has 0 aliphatic rings. The molecule has 0 saturated carbocycles. The number of nitrogen functional groups attached to an aromatic ring is 1. The summed E-state index contributed by atoms with van der Waals surface area (Å²) in [4.78, 5) is 16.6. The van der Waals surface area contributed by atoms with Gasteiger partial charge in [0, 0.05) is 10.5 Å². The number of benzene rings is 1. The molecule has 144 valence electrons. The van der Waals surface area contributed by atoms with Crippen molar-refractivity contribution in [3.05, 3.63) is 64.7 Å². The normalized spacial score (nSPS) is 11.9. The molecule has 1 unspecified atom stereocenters. The Morgan fingerprint density at radius 2 is 2.14 bits per heavy atom. The number of para-hydroxylation sites is 1. The minimum Gasteiger partial charge on any atom is -0.382 e. The molecule has 0 radical (unpaired) electrons. The van der Waals surface area contributed by atoms with Gasteiger partial charge < -0.3 is 11.1 Å². The van der Waals surface area contributed by atoms with Gasteiger partial charge in [0.05, 0.1) is 35.2 Å². The van der Waals surface area contributed by atoms with Gasteiger partial charge >= 0.3 is 0 Å². The molecule has 0 saturated heterocycles. The minimum absolute atomic E-state index is 0.0859. The second-order valence-electron chi connectivity index (χ2n) is 6.23. The fourth-order valence-electron chi connectivity index (χ4n) is 3.07. The lowest BCUT2D eigenvalue weighted by atomic mass is 10.2. The number of hydrogen-bond acceptors (Lipinski definition) is 7. The van der Waals surface area contributed by atoms with Crippen LogP contribution in [0.15, 0.2) is 47.5 Å². The molecular formula is C19H14BrFN8. The quantitative estimate of drug-likeness (QED) is 0.483. The number of halogens is 2. The van der Waals surface area contributed by atoms with Crippen LogP contribution < -0.4 is 11.1 Å². The number of fused-ring (bicyclic) bond motifs is 1. The Balaban J connectivity index is 1.88.